The van der Waals surface area contributed by atoms with Gasteiger partial charge in [-0.1, -0.05) is 37.8 Å². The van der Waals surface area contributed by atoms with E-state index in [0.29, 0.717) is 18.2 Å². The Morgan fingerprint density at radius 3 is 2.90 bits per heavy atom. The van der Waals surface area contributed by atoms with Crippen LogP contribution in [0.15, 0.2) is 4.52 Å². The van der Waals surface area contributed by atoms with Crippen molar-refractivity contribution in [1.29, 1.82) is 0 Å². The number of carbonyl (C=O) groups excluding carboxylic acids is 1. The monoisotopic (exact) mass is 276 g/mol. The summed E-state index contributed by atoms with van der Waals surface area (Å²) in [5, 5.41) is 4.18. The van der Waals surface area contributed by atoms with Crippen LogP contribution in [0, 0.1) is 5.92 Å². The van der Waals surface area contributed by atoms with E-state index >= 15 is 0 Å². The molecule has 0 radical (unpaired) electrons. The van der Waals surface area contributed by atoms with E-state index in [1.54, 1.807) is 0 Å². The van der Waals surface area contributed by atoms with E-state index in [2.05, 4.69) is 17.1 Å². The van der Waals surface area contributed by atoms with Crippen LogP contribution < -0.4 is 0 Å². The van der Waals surface area contributed by atoms with E-state index in [9.17, 15) is 4.79 Å². The van der Waals surface area contributed by atoms with Gasteiger partial charge in [0.05, 0.1) is 5.92 Å². The first-order valence-electron chi connectivity index (χ1n) is 8.14. The maximum absolute atomic E-state index is 12.0. The number of hydrogen-bond acceptors (Lipinski definition) is 4. The fraction of sp³-hybridized carbons (Fsp3) is 0.812. The number of ketones is 1. The molecule has 20 heavy (non-hydrogen) atoms. The minimum absolute atomic E-state index is 0.129. The van der Waals surface area contributed by atoms with Crippen LogP contribution in [0.2, 0.25) is 0 Å². The van der Waals surface area contributed by atoms with Gasteiger partial charge in [-0.25, -0.2) is 0 Å². The average Bonchev–Trinajstić information content (AvgIpc) is 2.97. The standard InChI is InChI=1S/C16H24N2O2/c1-2-11-6-5-7-12(10-11)15-17-16(20-18-15)13-8-3-4-9-14(13)19/h11-13H,2-10H2,1H3. The summed E-state index contributed by atoms with van der Waals surface area (Å²) in [7, 11) is 0. The zero-order valence-corrected chi connectivity index (χ0v) is 12.3. The predicted octanol–water partition coefficient (Wildman–Crippen LogP) is 3.98. The lowest BCUT2D eigenvalue weighted by Crippen LogP contribution is -2.18. The molecule has 0 aliphatic heterocycles. The summed E-state index contributed by atoms with van der Waals surface area (Å²) in [5.41, 5.74) is 0. The molecule has 1 aromatic heterocycles. The molecule has 2 saturated carbocycles. The van der Waals surface area contributed by atoms with Gasteiger partial charge in [-0.3, -0.25) is 4.79 Å². The van der Waals surface area contributed by atoms with Crippen molar-refractivity contribution in [3.63, 3.8) is 0 Å². The maximum Gasteiger partial charge on any atom is 0.237 e. The zero-order chi connectivity index (χ0) is 13.9. The lowest BCUT2D eigenvalue weighted by Gasteiger charge is -2.26. The van der Waals surface area contributed by atoms with E-state index in [0.717, 1.165) is 37.4 Å². The molecule has 0 spiro atoms. The molecule has 3 rings (SSSR count). The lowest BCUT2D eigenvalue weighted by molar-refractivity contribution is -0.122. The smallest absolute Gasteiger partial charge is 0.237 e. The molecular formula is C16H24N2O2. The van der Waals surface area contributed by atoms with Gasteiger partial charge in [0.15, 0.2) is 5.82 Å². The second-order valence-corrected chi connectivity index (χ2v) is 6.39. The first-order chi connectivity index (χ1) is 9.78. The van der Waals surface area contributed by atoms with Crippen LogP contribution in [0.5, 0.6) is 0 Å². The Labute approximate surface area is 120 Å². The molecule has 3 unspecified atom stereocenters. The van der Waals surface area contributed by atoms with Crippen molar-refractivity contribution in [2.45, 2.75) is 76.5 Å². The Morgan fingerprint density at radius 2 is 2.10 bits per heavy atom. The predicted molar refractivity (Wildman–Crippen MR) is 75.5 cm³/mol. The number of nitrogens with zero attached hydrogens (tertiary/aromatic N) is 2. The van der Waals surface area contributed by atoms with E-state index in [1.165, 1.54) is 25.7 Å². The van der Waals surface area contributed by atoms with Gasteiger partial charge in [0.2, 0.25) is 5.89 Å². The van der Waals surface area contributed by atoms with E-state index in [1.807, 2.05) is 0 Å². The van der Waals surface area contributed by atoms with Gasteiger partial charge in [-0.2, -0.15) is 4.98 Å². The molecule has 4 nitrogen and oxygen atoms in total. The van der Waals surface area contributed by atoms with Crippen LogP contribution in [0.1, 0.15) is 88.3 Å². The summed E-state index contributed by atoms with van der Waals surface area (Å²) in [6, 6.07) is 0. The summed E-state index contributed by atoms with van der Waals surface area (Å²) < 4.78 is 5.41. The van der Waals surface area contributed by atoms with Gasteiger partial charge >= 0.3 is 0 Å². The Bertz CT molecular complexity index is 469. The van der Waals surface area contributed by atoms with Gasteiger partial charge in [-0.05, 0) is 31.6 Å². The fourth-order valence-corrected chi connectivity index (χ4v) is 3.70. The third-order valence-electron chi connectivity index (χ3n) is 5.04. The lowest BCUT2D eigenvalue weighted by atomic mass is 9.80. The highest BCUT2D eigenvalue weighted by Gasteiger charge is 2.31. The van der Waals surface area contributed by atoms with Crippen molar-refractivity contribution in [1.82, 2.24) is 10.1 Å². The highest BCUT2D eigenvalue weighted by molar-refractivity contribution is 5.85. The molecular weight excluding hydrogens is 252 g/mol. The number of hydrogen-bond donors (Lipinski definition) is 0. The number of rotatable bonds is 3. The second kappa shape index (κ2) is 6.06. The molecule has 0 bridgehead atoms. The highest BCUT2D eigenvalue weighted by Crippen LogP contribution is 2.37. The third-order valence-corrected chi connectivity index (χ3v) is 5.04. The van der Waals surface area contributed by atoms with Crippen molar-refractivity contribution in [3.05, 3.63) is 11.7 Å². The number of carbonyl (C=O) groups is 1. The van der Waals surface area contributed by atoms with E-state index < -0.39 is 0 Å². The molecule has 0 aromatic carbocycles. The summed E-state index contributed by atoms with van der Waals surface area (Å²) >= 11 is 0. The van der Waals surface area contributed by atoms with Gasteiger partial charge in [0.1, 0.15) is 5.78 Å². The fourth-order valence-electron chi connectivity index (χ4n) is 3.70. The van der Waals surface area contributed by atoms with Crippen molar-refractivity contribution in [3.8, 4) is 0 Å². The van der Waals surface area contributed by atoms with Gasteiger partial charge in [-0.15, -0.1) is 0 Å². The minimum Gasteiger partial charge on any atom is -0.339 e. The SMILES string of the molecule is CCC1CCCC(c2noc(C3CCCCC3=O)n2)C1. The average molecular weight is 276 g/mol. The van der Waals surface area contributed by atoms with Crippen LogP contribution in [0.3, 0.4) is 0 Å². The molecule has 2 aliphatic rings. The summed E-state index contributed by atoms with van der Waals surface area (Å²) in [5.74, 6) is 2.80. The van der Waals surface area contributed by atoms with Crippen LogP contribution in [-0.2, 0) is 4.79 Å². The van der Waals surface area contributed by atoms with E-state index in [4.69, 9.17) is 4.52 Å². The molecule has 1 aromatic rings. The molecule has 2 fully saturated rings. The first kappa shape index (κ1) is 13.8. The number of Topliss-reactive ketones (excluding diaryl/α,β-unsaturated/α-hetero) is 1. The van der Waals surface area contributed by atoms with E-state index in [-0.39, 0.29) is 11.7 Å². The molecule has 4 heteroatoms. The number of aromatic nitrogens is 2. The molecule has 0 amide bonds. The zero-order valence-electron chi connectivity index (χ0n) is 12.3. The molecule has 3 atom stereocenters. The van der Waals surface area contributed by atoms with Gasteiger partial charge in [0, 0.05) is 12.3 Å². The summed E-state index contributed by atoms with van der Waals surface area (Å²) in [6.07, 6.45) is 9.82. The highest BCUT2D eigenvalue weighted by atomic mass is 16.5. The molecule has 0 saturated heterocycles. The van der Waals surface area contributed by atoms with Gasteiger partial charge in [0.25, 0.3) is 0 Å². The normalized spacial score (nSPS) is 31.4. The molecule has 110 valence electrons. The Balaban J connectivity index is 1.71. The summed E-state index contributed by atoms with van der Waals surface area (Å²) in [6.45, 7) is 2.26. The van der Waals surface area contributed by atoms with Gasteiger partial charge < -0.3 is 4.52 Å². The Kier molecular flexibility index (Phi) is 4.18. The maximum atomic E-state index is 12.0. The molecule has 2 aliphatic carbocycles. The first-order valence-corrected chi connectivity index (χ1v) is 8.14. The minimum atomic E-state index is -0.129. The van der Waals surface area contributed by atoms with Crippen molar-refractivity contribution in [2.24, 2.45) is 5.92 Å². The largest absolute Gasteiger partial charge is 0.339 e. The van der Waals surface area contributed by atoms with Crippen molar-refractivity contribution >= 4 is 5.78 Å². The Morgan fingerprint density at radius 1 is 1.20 bits per heavy atom. The van der Waals surface area contributed by atoms with Crippen molar-refractivity contribution < 1.29 is 9.32 Å². The topological polar surface area (TPSA) is 56.0 Å². The Hall–Kier alpha value is -1.19. The van der Waals surface area contributed by atoms with Crippen LogP contribution >= 0.6 is 0 Å². The van der Waals surface area contributed by atoms with Crippen LogP contribution in [0.4, 0.5) is 0 Å². The second-order valence-electron chi connectivity index (χ2n) is 6.39. The van der Waals surface area contributed by atoms with Crippen LogP contribution in [0.25, 0.3) is 0 Å². The van der Waals surface area contributed by atoms with Crippen molar-refractivity contribution in [2.75, 3.05) is 0 Å². The summed E-state index contributed by atoms with van der Waals surface area (Å²) in [4.78, 5) is 16.5. The molecule has 1 heterocycles. The molecule has 0 N–H and O–H groups in total. The quantitative estimate of drug-likeness (QED) is 0.838. The van der Waals surface area contributed by atoms with Crippen LogP contribution in [-0.4, -0.2) is 15.9 Å². The third kappa shape index (κ3) is 2.79.